The van der Waals surface area contributed by atoms with Gasteiger partial charge in [0.1, 0.15) is 18.8 Å². The molecule has 12 nitrogen and oxygen atoms in total. The number of allylic oxidation sites excluding steroid dienone is 22. The molecular formula is C67H104O12. The molecular weight excluding hydrogens is 997 g/mol. The molecule has 0 amide bonds. The largest absolute Gasteiger partial charge is 0.479 e. The van der Waals surface area contributed by atoms with Crippen LogP contribution in [0.25, 0.3) is 0 Å². The van der Waals surface area contributed by atoms with Gasteiger partial charge in [0.25, 0.3) is 0 Å². The summed E-state index contributed by atoms with van der Waals surface area (Å²) in [7, 11) is 0. The first-order valence-corrected chi connectivity index (χ1v) is 30.2. The Bertz CT molecular complexity index is 1880. The van der Waals surface area contributed by atoms with E-state index in [2.05, 4.69) is 142 Å². The second kappa shape index (κ2) is 53.5. The summed E-state index contributed by atoms with van der Waals surface area (Å²) in [6.07, 6.45) is 62.8. The third-order valence-corrected chi connectivity index (χ3v) is 12.7. The molecule has 1 aliphatic rings. The second-order valence-corrected chi connectivity index (χ2v) is 19.9. The van der Waals surface area contributed by atoms with E-state index in [0.717, 1.165) is 122 Å². The highest BCUT2D eigenvalue weighted by atomic mass is 16.7. The maximum absolute atomic E-state index is 13.1. The van der Waals surface area contributed by atoms with Gasteiger partial charge in [-0.1, -0.05) is 199 Å². The summed E-state index contributed by atoms with van der Waals surface area (Å²) >= 11 is 0. The monoisotopic (exact) mass is 1100 g/mol. The van der Waals surface area contributed by atoms with Gasteiger partial charge in [0.2, 0.25) is 0 Å². The lowest BCUT2D eigenvalue weighted by molar-refractivity contribution is -0.301. The number of aliphatic hydroxyl groups is 2. The zero-order valence-electron chi connectivity index (χ0n) is 48.8. The highest BCUT2D eigenvalue weighted by Crippen LogP contribution is 2.26. The smallest absolute Gasteiger partial charge is 0.335 e. The molecule has 0 spiro atoms. The predicted octanol–water partition coefficient (Wildman–Crippen LogP) is 15.8. The molecule has 6 atom stereocenters. The number of hydrogen-bond donors (Lipinski definition) is 3. The number of carboxylic acids is 1. The van der Waals surface area contributed by atoms with Crippen molar-refractivity contribution in [3.8, 4) is 0 Å². The topological polar surface area (TPSA) is 175 Å². The molecule has 0 aromatic rings. The summed E-state index contributed by atoms with van der Waals surface area (Å²) in [4.78, 5) is 51.2. The van der Waals surface area contributed by atoms with E-state index in [1.165, 1.54) is 25.7 Å². The number of carboxylic acid groups (broad SMARTS) is 1. The van der Waals surface area contributed by atoms with Gasteiger partial charge >= 0.3 is 23.9 Å². The molecule has 0 aromatic carbocycles. The highest BCUT2D eigenvalue weighted by Gasteiger charge is 2.50. The molecule has 12 heteroatoms. The Kier molecular flexibility index (Phi) is 48.7. The van der Waals surface area contributed by atoms with Crippen LogP contribution in [-0.2, 0) is 42.9 Å². The number of ether oxygens (including phenoxy) is 5. The van der Waals surface area contributed by atoms with Gasteiger partial charge in [-0.25, -0.2) is 4.79 Å². The molecule has 444 valence electrons. The van der Waals surface area contributed by atoms with Crippen LogP contribution in [-0.4, -0.2) is 89.2 Å². The van der Waals surface area contributed by atoms with E-state index < -0.39 is 67.3 Å². The fraction of sp³-hybridized carbons (Fsp3) is 0.612. The number of rotatable bonds is 49. The van der Waals surface area contributed by atoms with Crippen LogP contribution >= 0.6 is 0 Å². The summed E-state index contributed by atoms with van der Waals surface area (Å²) in [5.41, 5.74) is 0. The molecule has 0 radical (unpaired) electrons. The van der Waals surface area contributed by atoms with Crippen molar-refractivity contribution in [1.29, 1.82) is 0 Å². The summed E-state index contributed by atoms with van der Waals surface area (Å²) in [5, 5.41) is 31.5. The fourth-order valence-electron chi connectivity index (χ4n) is 8.13. The van der Waals surface area contributed by atoms with Crippen molar-refractivity contribution >= 4 is 23.9 Å². The van der Waals surface area contributed by atoms with E-state index in [-0.39, 0.29) is 25.9 Å². The van der Waals surface area contributed by atoms with Gasteiger partial charge in [0.05, 0.1) is 6.61 Å². The van der Waals surface area contributed by atoms with Crippen LogP contribution in [0.1, 0.15) is 213 Å². The van der Waals surface area contributed by atoms with Gasteiger partial charge in [-0.2, -0.15) is 0 Å². The lowest BCUT2D eigenvalue weighted by atomic mass is 9.98. The minimum atomic E-state index is -1.93. The minimum absolute atomic E-state index is 0.0330. The first kappa shape index (κ1) is 71.9. The Balaban J connectivity index is 2.76. The van der Waals surface area contributed by atoms with Crippen LogP contribution in [0.3, 0.4) is 0 Å². The normalized spacial score (nSPS) is 18.8. The van der Waals surface area contributed by atoms with Gasteiger partial charge < -0.3 is 39.0 Å². The molecule has 0 saturated carbocycles. The molecule has 3 N–H and O–H groups in total. The van der Waals surface area contributed by atoms with Crippen molar-refractivity contribution in [3.63, 3.8) is 0 Å². The molecule has 1 saturated heterocycles. The quantitative estimate of drug-likeness (QED) is 0.0228. The van der Waals surface area contributed by atoms with E-state index >= 15 is 0 Å². The summed E-state index contributed by atoms with van der Waals surface area (Å²) < 4.78 is 28.3. The fourth-order valence-corrected chi connectivity index (χ4v) is 8.13. The lowest BCUT2D eigenvalue weighted by Gasteiger charge is -2.40. The molecule has 79 heavy (non-hydrogen) atoms. The minimum Gasteiger partial charge on any atom is -0.479 e. The van der Waals surface area contributed by atoms with Crippen LogP contribution in [0, 0.1) is 0 Å². The molecule has 1 fully saturated rings. The Morgan fingerprint density at radius 3 is 1.28 bits per heavy atom. The Morgan fingerprint density at radius 2 is 0.810 bits per heavy atom. The zero-order chi connectivity index (χ0) is 57.5. The molecule has 1 rings (SSSR count). The Morgan fingerprint density at radius 1 is 0.430 bits per heavy atom. The van der Waals surface area contributed by atoms with Crippen LogP contribution in [0.5, 0.6) is 0 Å². The van der Waals surface area contributed by atoms with Gasteiger partial charge in [-0.15, -0.1) is 0 Å². The average molecular weight is 1100 g/mol. The van der Waals surface area contributed by atoms with Crippen molar-refractivity contribution in [3.05, 3.63) is 134 Å². The lowest BCUT2D eigenvalue weighted by Crippen LogP contribution is -2.61. The molecule has 0 aliphatic carbocycles. The molecule has 1 heterocycles. The number of unbranched alkanes of at least 4 members (excludes halogenated alkanes) is 13. The average Bonchev–Trinajstić information content (AvgIpc) is 3.44. The molecule has 6 unspecified atom stereocenters. The number of carbonyl (C=O) groups is 4. The first-order chi connectivity index (χ1) is 38.6. The van der Waals surface area contributed by atoms with E-state index in [0.29, 0.717) is 25.7 Å². The molecule has 0 bridgehead atoms. The summed E-state index contributed by atoms with van der Waals surface area (Å²) in [6, 6.07) is 0. The van der Waals surface area contributed by atoms with Crippen LogP contribution in [0.2, 0.25) is 0 Å². The van der Waals surface area contributed by atoms with Crippen LogP contribution in [0.15, 0.2) is 134 Å². The highest BCUT2D eigenvalue weighted by molar-refractivity contribution is 5.74. The number of carbonyl (C=O) groups excluding carboxylic acids is 3. The number of aliphatic carboxylic acids is 1. The Labute approximate surface area is 477 Å². The third-order valence-electron chi connectivity index (χ3n) is 12.7. The summed E-state index contributed by atoms with van der Waals surface area (Å²) in [5.74, 6) is -3.28. The Hall–Kier alpha value is -5.14. The van der Waals surface area contributed by atoms with Crippen molar-refractivity contribution in [2.24, 2.45) is 0 Å². The van der Waals surface area contributed by atoms with Crippen molar-refractivity contribution in [1.82, 2.24) is 0 Å². The number of hydrogen-bond acceptors (Lipinski definition) is 11. The van der Waals surface area contributed by atoms with Crippen molar-refractivity contribution in [2.75, 3.05) is 13.2 Å². The van der Waals surface area contributed by atoms with Crippen LogP contribution < -0.4 is 0 Å². The maximum Gasteiger partial charge on any atom is 0.335 e. The van der Waals surface area contributed by atoms with Gasteiger partial charge in [-0.3, -0.25) is 14.4 Å². The van der Waals surface area contributed by atoms with Gasteiger partial charge in [-0.05, 0) is 128 Å². The van der Waals surface area contributed by atoms with Crippen LogP contribution in [0.4, 0.5) is 0 Å². The maximum atomic E-state index is 13.1. The third kappa shape index (κ3) is 43.4. The van der Waals surface area contributed by atoms with Crippen molar-refractivity contribution < 1.29 is 58.2 Å². The predicted molar refractivity (Wildman–Crippen MR) is 321 cm³/mol. The first-order valence-electron chi connectivity index (χ1n) is 30.2. The van der Waals surface area contributed by atoms with E-state index in [1.54, 1.807) is 0 Å². The standard InChI is InChI=1S/C67H104O12/c1-4-7-10-13-16-19-22-25-27-29-30-32-33-36-38-41-44-47-50-53-59(68)75-56-58(77-60(69)54-51-48-45-42-40-37-34-31-28-26-23-20-17-14-11-8-5-2)57-76-67-65(63(72)62(71)64(79-67)66(73)74)78-61(70)55-52-49-46-43-39-35-24-21-18-15-12-9-6-3/h7-8,10-11,16-17,19-21,24-28,30,32,34,36-38,42,45,58,62-65,67,71-72H,4-6,9,12-15,18,22-23,29,31,33,35,39-41,43-44,46-57H2,1-3H3,(H,73,74)/b10-7-,11-8-,19-16-,20-17-,24-21-,27-25-,28-26-,32-30-,37-34-,38-36-,45-42-. The molecule has 0 aromatic heterocycles. The van der Waals surface area contributed by atoms with Gasteiger partial charge in [0, 0.05) is 19.3 Å². The van der Waals surface area contributed by atoms with E-state index in [1.807, 2.05) is 12.2 Å². The van der Waals surface area contributed by atoms with Crippen molar-refractivity contribution in [2.45, 2.75) is 250 Å². The zero-order valence-corrected chi connectivity index (χ0v) is 48.8. The number of esters is 3. The van der Waals surface area contributed by atoms with E-state index in [4.69, 9.17) is 23.7 Å². The summed E-state index contributed by atoms with van der Waals surface area (Å²) in [6.45, 7) is 5.65. The van der Waals surface area contributed by atoms with Gasteiger partial charge in [0.15, 0.2) is 24.6 Å². The second-order valence-electron chi connectivity index (χ2n) is 19.9. The van der Waals surface area contributed by atoms with E-state index in [9.17, 15) is 34.5 Å². The molecule has 1 aliphatic heterocycles. The SMILES string of the molecule is CC/C=C\C/C=C\C/C=C\C/C=C\C/C=C\CCCCCC(=O)OCC(COC1OC(C(=O)O)C(O)C(O)C1OC(=O)CCCCCCC/C=C\CCCCCC)OC(=O)CCC/C=C\C/C=C\C/C=C\C/C=C\C/C=C\CC. The number of aliphatic hydroxyl groups excluding tert-OH is 2.